The van der Waals surface area contributed by atoms with Crippen molar-refractivity contribution in [2.24, 2.45) is 5.73 Å². The van der Waals surface area contributed by atoms with E-state index in [4.69, 9.17) is 10.2 Å². The number of hydrogen-bond donors (Lipinski definition) is 1. The Labute approximate surface area is 115 Å². The van der Waals surface area contributed by atoms with Crippen LogP contribution in [0, 0.1) is 0 Å². The fraction of sp³-hybridized carbons (Fsp3) is 0.733. The molecule has 0 aromatic carbocycles. The SMILES string of the molecule is NCc1ccc(CN2CCN(C3CCCC3)CC2)o1. The average molecular weight is 263 g/mol. The first-order valence-electron chi connectivity index (χ1n) is 7.59. The third-order valence-corrected chi connectivity index (χ3v) is 4.55. The molecule has 0 bridgehead atoms. The van der Waals surface area contributed by atoms with Gasteiger partial charge in [-0.2, -0.15) is 0 Å². The molecule has 0 unspecified atom stereocenters. The van der Waals surface area contributed by atoms with Crippen LogP contribution in [0.25, 0.3) is 0 Å². The van der Waals surface area contributed by atoms with Gasteiger partial charge in [0.2, 0.25) is 0 Å². The van der Waals surface area contributed by atoms with Crippen LogP contribution in [0.3, 0.4) is 0 Å². The van der Waals surface area contributed by atoms with Gasteiger partial charge in [0.15, 0.2) is 0 Å². The Kier molecular flexibility index (Phi) is 4.21. The molecule has 1 aliphatic carbocycles. The summed E-state index contributed by atoms with van der Waals surface area (Å²) in [6, 6.07) is 4.92. The van der Waals surface area contributed by atoms with E-state index in [1.165, 1.54) is 38.8 Å². The van der Waals surface area contributed by atoms with Gasteiger partial charge in [-0.15, -0.1) is 0 Å². The third kappa shape index (κ3) is 3.19. The van der Waals surface area contributed by atoms with Crippen molar-refractivity contribution >= 4 is 0 Å². The van der Waals surface area contributed by atoms with E-state index in [9.17, 15) is 0 Å². The van der Waals surface area contributed by atoms with Crippen LogP contribution >= 0.6 is 0 Å². The molecule has 1 aromatic heterocycles. The lowest BCUT2D eigenvalue weighted by molar-refractivity contribution is 0.0892. The monoisotopic (exact) mass is 263 g/mol. The lowest BCUT2D eigenvalue weighted by Crippen LogP contribution is -2.49. The summed E-state index contributed by atoms with van der Waals surface area (Å²) in [5.74, 6) is 1.94. The van der Waals surface area contributed by atoms with E-state index < -0.39 is 0 Å². The molecule has 0 atom stereocenters. The number of nitrogens with zero attached hydrogens (tertiary/aromatic N) is 2. The molecule has 106 valence electrons. The molecule has 0 radical (unpaired) electrons. The van der Waals surface area contributed by atoms with Crippen molar-refractivity contribution in [3.05, 3.63) is 23.7 Å². The Morgan fingerprint density at radius 3 is 2.37 bits per heavy atom. The lowest BCUT2D eigenvalue weighted by atomic mass is 10.2. The normalized spacial score (nSPS) is 23.2. The van der Waals surface area contributed by atoms with Crippen molar-refractivity contribution in [3.8, 4) is 0 Å². The van der Waals surface area contributed by atoms with Crippen molar-refractivity contribution < 1.29 is 4.42 Å². The Hall–Kier alpha value is -0.840. The van der Waals surface area contributed by atoms with Gasteiger partial charge in [-0.1, -0.05) is 12.8 Å². The van der Waals surface area contributed by atoms with Gasteiger partial charge in [-0.25, -0.2) is 0 Å². The smallest absolute Gasteiger partial charge is 0.118 e. The molecule has 0 spiro atoms. The van der Waals surface area contributed by atoms with Crippen LogP contribution in [0.5, 0.6) is 0 Å². The zero-order valence-corrected chi connectivity index (χ0v) is 11.7. The van der Waals surface area contributed by atoms with Crippen molar-refractivity contribution in [1.29, 1.82) is 0 Å². The highest BCUT2D eigenvalue weighted by Crippen LogP contribution is 2.24. The van der Waals surface area contributed by atoms with Crippen molar-refractivity contribution in [2.45, 2.75) is 44.8 Å². The molecule has 1 saturated carbocycles. The number of rotatable bonds is 4. The first-order chi connectivity index (χ1) is 9.35. The molecular formula is C15H25N3O. The quantitative estimate of drug-likeness (QED) is 0.900. The number of hydrogen-bond acceptors (Lipinski definition) is 4. The Balaban J connectivity index is 1.47. The molecule has 1 saturated heterocycles. The zero-order chi connectivity index (χ0) is 13.1. The maximum Gasteiger partial charge on any atom is 0.118 e. The van der Waals surface area contributed by atoms with Crippen LogP contribution in [0.15, 0.2) is 16.5 Å². The predicted molar refractivity (Wildman–Crippen MR) is 75.7 cm³/mol. The molecule has 4 nitrogen and oxygen atoms in total. The van der Waals surface area contributed by atoms with Crippen LogP contribution in [0.1, 0.15) is 37.2 Å². The molecule has 2 aliphatic rings. The van der Waals surface area contributed by atoms with Gasteiger partial charge in [-0.05, 0) is 25.0 Å². The van der Waals surface area contributed by atoms with Gasteiger partial charge in [-0.3, -0.25) is 9.80 Å². The largest absolute Gasteiger partial charge is 0.463 e. The fourth-order valence-corrected chi connectivity index (χ4v) is 3.39. The van der Waals surface area contributed by atoms with Crippen LogP contribution in [0.4, 0.5) is 0 Å². The highest BCUT2D eigenvalue weighted by atomic mass is 16.3. The first kappa shape index (κ1) is 13.2. The summed E-state index contributed by atoms with van der Waals surface area (Å²) in [7, 11) is 0. The zero-order valence-electron chi connectivity index (χ0n) is 11.7. The summed E-state index contributed by atoms with van der Waals surface area (Å²) >= 11 is 0. The number of piperazine rings is 1. The molecule has 2 fully saturated rings. The first-order valence-corrected chi connectivity index (χ1v) is 7.59. The highest BCUT2D eigenvalue weighted by Gasteiger charge is 2.26. The highest BCUT2D eigenvalue weighted by molar-refractivity contribution is 5.07. The van der Waals surface area contributed by atoms with Gasteiger partial charge in [0.05, 0.1) is 13.1 Å². The molecular weight excluding hydrogens is 238 g/mol. The van der Waals surface area contributed by atoms with Gasteiger partial charge in [0.25, 0.3) is 0 Å². The summed E-state index contributed by atoms with van der Waals surface area (Å²) in [4.78, 5) is 5.18. The van der Waals surface area contributed by atoms with E-state index in [2.05, 4.69) is 15.9 Å². The second-order valence-electron chi connectivity index (χ2n) is 5.82. The summed E-state index contributed by atoms with van der Waals surface area (Å²) in [6.45, 7) is 6.18. The van der Waals surface area contributed by atoms with Crippen molar-refractivity contribution in [1.82, 2.24) is 9.80 Å². The second kappa shape index (κ2) is 6.07. The molecule has 4 heteroatoms. The minimum atomic E-state index is 0.495. The minimum absolute atomic E-state index is 0.495. The summed E-state index contributed by atoms with van der Waals surface area (Å²) < 4.78 is 5.68. The van der Waals surface area contributed by atoms with Crippen LogP contribution < -0.4 is 5.73 Å². The standard InChI is InChI=1S/C15H25N3O/c16-11-14-5-6-15(19-14)12-17-7-9-18(10-8-17)13-3-1-2-4-13/h5-6,13H,1-4,7-12,16H2. The molecule has 1 aliphatic heterocycles. The van der Waals surface area contributed by atoms with E-state index in [1.54, 1.807) is 0 Å². The molecule has 0 amide bonds. The average Bonchev–Trinajstić information content (AvgIpc) is 3.10. The maximum absolute atomic E-state index is 5.68. The molecule has 2 heterocycles. The van der Waals surface area contributed by atoms with Gasteiger partial charge in [0, 0.05) is 32.2 Å². The molecule has 1 aromatic rings. The van der Waals surface area contributed by atoms with Crippen molar-refractivity contribution in [3.63, 3.8) is 0 Å². The topological polar surface area (TPSA) is 45.6 Å². The molecule has 19 heavy (non-hydrogen) atoms. The third-order valence-electron chi connectivity index (χ3n) is 4.55. The number of furan rings is 1. The van der Waals surface area contributed by atoms with E-state index in [-0.39, 0.29) is 0 Å². The van der Waals surface area contributed by atoms with Crippen LogP contribution in [-0.4, -0.2) is 42.0 Å². The second-order valence-corrected chi connectivity index (χ2v) is 5.82. The van der Waals surface area contributed by atoms with E-state index >= 15 is 0 Å². The van der Waals surface area contributed by atoms with Crippen molar-refractivity contribution in [2.75, 3.05) is 26.2 Å². The van der Waals surface area contributed by atoms with Gasteiger partial charge >= 0.3 is 0 Å². The summed E-state index contributed by atoms with van der Waals surface area (Å²) in [6.07, 6.45) is 5.69. The van der Waals surface area contributed by atoms with E-state index in [0.29, 0.717) is 6.54 Å². The molecule has 3 rings (SSSR count). The summed E-state index contributed by atoms with van der Waals surface area (Å²) in [5, 5.41) is 0. The summed E-state index contributed by atoms with van der Waals surface area (Å²) in [5.41, 5.74) is 5.57. The van der Waals surface area contributed by atoms with Gasteiger partial charge in [0.1, 0.15) is 11.5 Å². The lowest BCUT2D eigenvalue weighted by Gasteiger charge is -2.37. The Bertz CT molecular complexity index is 390. The minimum Gasteiger partial charge on any atom is -0.463 e. The Morgan fingerprint density at radius 1 is 1.05 bits per heavy atom. The van der Waals surface area contributed by atoms with E-state index in [0.717, 1.165) is 37.2 Å². The van der Waals surface area contributed by atoms with Gasteiger partial charge < -0.3 is 10.2 Å². The predicted octanol–water partition coefficient (Wildman–Crippen LogP) is 1.80. The molecule has 2 N–H and O–H groups in total. The Morgan fingerprint density at radius 2 is 1.74 bits per heavy atom. The number of nitrogens with two attached hydrogens (primary N) is 1. The maximum atomic E-state index is 5.68. The van der Waals surface area contributed by atoms with E-state index in [1.807, 2.05) is 6.07 Å². The fourth-order valence-electron chi connectivity index (χ4n) is 3.39. The van der Waals surface area contributed by atoms with Crippen LogP contribution in [-0.2, 0) is 13.1 Å². The van der Waals surface area contributed by atoms with Crippen LogP contribution in [0.2, 0.25) is 0 Å².